The molecule has 1 fully saturated rings. The van der Waals surface area contributed by atoms with Crippen molar-refractivity contribution in [3.8, 4) is 0 Å². The lowest BCUT2D eigenvalue weighted by atomic mass is 9.97. The third kappa shape index (κ3) is 3.00. The smallest absolute Gasteiger partial charge is 0.123 e. The summed E-state index contributed by atoms with van der Waals surface area (Å²) in [6, 6.07) is 4.63. The van der Waals surface area contributed by atoms with Gasteiger partial charge in [-0.15, -0.1) is 0 Å². The van der Waals surface area contributed by atoms with Gasteiger partial charge in [0.25, 0.3) is 0 Å². The third-order valence-electron chi connectivity index (χ3n) is 3.57. The number of hydrogen-bond donors (Lipinski definition) is 1. The molecular weight excluding hydrogens is 233 g/mol. The largest absolute Gasteiger partial charge is 0.392 e. The summed E-state index contributed by atoms with van der Waals surface area (Å²) in [6.45, 7) is 2.56. The highest BCUT2D eigenvalue weighted by Crippen LogP contribution is 2.27. The lowest BCUT2D eigenvalue weighted by molar-refractivity contribution is 0.139. The number of aliphatic hydroxyl groups is 1. The van der Waals surface area contributed by atoms with E-state index in [0.717, 1.165) is 38.2 Å². The van der Waals surface area contributed by atoms with E-state index in [2.05, 4.69) is 4.90 Å². The summed E-state index contributed by atoms with van der Waals surface area (Å²) in [6.07, 6.45) is 2.16. The first-order valence-corrected chi connectivity index (χ1v) is 6.37. The van der Waals surface area contributed by atoms with Crippen LogP contribution >= 0.6 is 0 Å². The zero-order valence-electron chi connectivity index (χ0n) is 10.7. The van der Waals surface area contributed by atoms with Gasteiger partial charge in [-0.25, -0.2) is 4.39 Å². The van der Waals surface area contributed by atoms with Gasteiger partial charge < -0.3 is 14.7 Å². The summed E-state index contributed by atoms with van der Waals surface area (Å²) >= 11 is 0. The summed E-state index contributed by atoms with van der Waals surface area (Å²) in [5, 5.41) is 9.30. The molecule has 0 bridgehead atoms. The van der Waals surface area contributed by atoms with E-state index in [9.17, 15) is 9.50 Å². The molecule has 0 aromatic heterocycles. The minimum atomic E-state index is -0.294. The highest BCUT2D eigenvalue weighted by atomic mass is 19.1. The first-order chi connectivity index (χ1) is 8.74. The molecule has 3 nitrogen and oxygen atoms in total. The van der Waals surface area contributed by atoms with E-state index in [1.807, 2.05) is 0 Å². The fourth-order valence-corrected chi connectivity index (χ4v) is 2.57. The summed E-state index contributed by atoms with van der Waals surface area (Å²) in [5.74, 6) is 0.321. The third-order valence-corrected chi connectivity index (χ3v) is 3.57. The SMILES string of the molecule is COCC1CCN(c2ccc(F)cc2CO)CC1. The molecule has 1 aliphatic rings. The molecule has 0 saturated carbocycles. The molecule has 0 spiro atoms. The molecule has 0 unspecified atom stereocenters. The Balaban J connectivity index is 2.05. The normalized spacial score (nSPS) is 17.2. The van der Waals surface area contributed by atoms with Crippen LogP contribution in [0.2, 0.25) is 0 Å². The quantitative estimate of drug-likeness (QED) is 0.892. The molecule has 100 valence electrons. The molecule has 4 heteroatoms. The Morgan fingerprint density at radius 2 is 2.11 bits per heavy atom. The van der Waals surface area contributed by atoms with Crippen molar-refractivity contribution < 1.29 is 14.2 Å². The van der Waals surface area contributed by atoms with Crippen molar-refractivity contribution in [3.05, 3.63) is 29.6 Å². The van der Waals surface area contributed by atoms with Gasteiger partial charge in [0.05, 0.1) is 6.61 Å². The second-order valence-corrected chi connectivity index (χ2v) is 4.82. The van der Waals surface area contributed by atoms with Crippen LogP contribution in [-0.4, -0.2) is 31.9 Å². The van der Waals surface area contributed by atoms with Crippen LogP contribution in [0.25, 0.3) is 0 Å². The van der Waals surface area contributed by atoms with Crippen molar-refractivity contribution in [1.82, 2.24) is 0 Å². The lowest BCUT2D eigenvalue weighted by Crippen LogP contribution is -2.35. The summed E-state index contributed by atoms with van der Waals surface area (Å²) in [4.78, 5) is 2.22. The van der Waals surface area contributed by atoms with E-state index < -0.39 is 0 Å². The molecular formula is C14H20FNO2. The van der Waals surface area contributed by atoms with Crippen LogP contribution in [0.4, 0.5) is 10.1 Å². The van der Waals surface area contributed by atoms with Crippen LogP contribution < -0.4 is 4.90 Å². The maximum atomic E-state index is 13.1. The molecule has 0 radical (unpaired) electrons. The van der Waals surface area contributed by atoms with Gasteiger partial charge in [-0.05, 0) is 37.0 Å². The highest BCUT2D eigenvalue weighted by Gasteiger charge is 2.20. The predicted molar refractivity (Wildman–Crippen MR) is 69.1 cm³/mol. The molecule has 0 aliphatic carbocycles. The Kier molecular flexibility index (Phi) is 4.55. The van der Waals surface area contributed by atoms with Crippen molar-refractivity contribution in [1.29, 1.82) is 0 Å². The zero-order chi connectivity index (χ0) is 13.0. The van der Waals surface area contributed by atoms with E-state index >= 15 is 0 Å². The minimum Gasteiger partial charge on any atom is -0.392 e. The number of nitrogens with zero attached hydrogens (tertiary/aromatic N) is 1. The topological polar surface area (TPSA) is 32.7 Å². The standard InChI is InChI=1S/C14H20FNO2/c1-18-10-11-4-6-16(7-5-11)14-3-2-13(15)8-12(14)9-17/h2-3,8,11,17H,4-7,9-10H2,1H3. The Morgan fingerprint density at radius 3 is 2.72 bits per heavy atom. The van der Waals surface area contributed by atoms with Crippen LogP contribution in [0.3, 0.4) is 0 Å². The van der Waals surface area contributed by atoms with E-state index in [1.165, 1.54) is 12.1 Å². The van der Waals surface area contributed by atoms with Crippen LogP contribution in [0, 0.1) is 11.7 Å². The van der Waals surface area contributed by atoms with Gasteiger partial charge in [0.2, 0.25) is 0 Å². The van der Waals surface area contributed by atoms with Gasteiger partial charge in [-0.2, -0.15) is 0 Å². The fourth-order valence-electron chi connectivity index (χ4n) is 2.57. The van der Waals surface area contributed by atoms with Crippen LogP contribution in [0.1, 0.15) is 18.4 Å². The fraction of sp³-hybridized carbons (Fsp3) is 0.571. The average Bonchev–Trinajstić information content (AvgIpc) is 2.40. The lowest BCUT2D eigenvalue weighted by Gasteiger charge is -2.34. The molecule has 18 heavy (non-hydrogen) atoms. The Morgan fingerprint density at radius 1 is 1.39 bits per heavy atom. The first-order valence-electron chi connectivity index (χ1n) is 6.37. The zero-order valence-corrected chi connectivity index (χ0v) is 10.7. The van der Waals surface area contributed by atoms with Gasteiger partial charge in [0, 0.05) is 38.1 Å². The number of ether oxygens (including phenoxy) is 1. The molecule has 0 amide bonds. The summed E-state index contributed by atoms with van der Waals surface area (Å²) in [7, 11) is 1.73. The van der Waals surface area contributed by atoms with E-state index in [4.69, 9.17) is 4.74 Å². The monoisotopic (exact) mass is 253 g/mol. The van der Waals surface area contributed by atoms with Crippen LogP contribution in [-0.2, 0) is 11.3 Å². The highest BCUT2D eigenvalue weighted by molar-refractivity contribution is 5.53. The molecule has 1 aromatic rings. The average molecular weight is 253 g/mol. The maximum Gasteiger partial charge on any atom is 0.123 e. The van der Waals surface area contributed by atoms with Gasteiger partial charge in [-0.3, -0.25) is 0 Å². The van der Waals surface area contributed by atoms with Crippen LogP contribution in [0.15, 0.2) is 18.2 Å². The second-order valence-electron chi connectivity index (χ2n) is 4.82. The maximum absolute atomic E-state index is 13.1. The Bertz CT molecular complexity index is 389. The van der Waals surface area contributed by atoms with Crippen molar-refractivity contribution in [2.24, 2.45) is 5.92 Å². The van der Waals surface area contributed by atoms with Crippen molar-refractivity contribution in [2.45, 2.75) is 19.4 Å². The molecule has 1 heterocycles. The van der Waals surface area contributed by atoms with Gasteiger partial charge in [0.1, 0.15) is 5.82 Å². The summed E-state index contributed by atoms with van der Waals surface area (Å²) < 4.78 is 18.3. The molecule has 1 N–H and O–H groups in total. The van der Waals surface area contributed by atoms with Gasteiger partial charge >= 0.3 is 0 Å². The predicted octanol–water partition coefficient (Wildman–Crippen LogP) is 2.18. The van der Waals surface area contributed by atoms with Gasteiger partial charge in [-0.1, -0.05) is 0 Å². The van der Waals surface area contributed by atoms with E-state index in [0.29, 0.717) is 11.5 Å². The molecule has 0 atom stereocenters. The van der Waals surface area contributed by atoms with Crippen molar-refractivity contribution in [2.75, 3.05) is 31.7 Å². The number of methoxy groups -OCH3 is 1. The molecule has 2 rings (SSSR count). The van der Waals surface area contributed by atoms with E-state index in [1.54, 1.807) is 13.2 Å². The summed E-state index contributed by atoms with van der Waals surface area (Å²) in [5.41, 5.74) is 1.62. The van der Waals surface area contributed by atoms with Gasteiger partial charge in [0.15, 0.2) is 0 Å². The first kappa shape index (κ1) is 13.3. The number of benzene rings is 1. The van der Waals surface area contributed by atoms with Crippen LogP contribution in [0.5, 0.6) is 0 Å². The minimum absolute atomic E-state index is 0.120. The number of halogens is 1. The Hall–Kier alpha value is -1.13. The van der Waals surface area contributed by atoms with E-state index in [-0.39, 0.29) is 12.4 Å². The molecule has 1 aliphatic heterocycles. The number of piperidine rings is 1. The number of hydrogen-bond acceptors (Lipinski definition) is 3. The van der Waals surface area contributed by atoms with Crippen molar-refractivity contribution >= 4 is 5.69 Å². The molecule has 1 saturated heterocycles. The molecule has 1 aromatic carbocycles. The van der Waals surface area contributed by atoms with Crippen molar-refractivity contribution in [3.63, 3.8) is 0 Å². The second kappa shape index (κ2) is 6.16. The Labute approximate surface area is 107 Å². The number of anilines is 1. The number of aliphatic hydroxyl groups excluding tert-OH is 1. The number of rotatable bonds is 4.